The number of allylic oxidation sites excluding steroid dienone is 3. The van der Waals surface area contributed by atoms with Gasteiger partial charge in [0.2, 0.25) is 0 Å². The third kappa shape index (κ3) is 2.95. The van der Waals surface area contributed by atoms with Gasteiger partial charge in [-0.25, -0.2) is 0 Å². The molecule has 0 N–H and O–H groups in total. The fourth-order valence-electron chi connectivity index (χ4n) is 2.23. The lowest BCUT2D eigenvalue weighted by Gasteiger charge is -2.25. The van der Waals surface area contributed by atoms with Gasteiger partial charge in [-0.2, -0.15) is 0 Å². The van der Waals surface area contributed by atoms with Gasteiger partial charge in [0.15, 0.2) is 5.78 Å². The number of unbranched alkanes of at least 4 members (excludes halogenated alkanes) is 1. The molecule has 17 heavy (non-hydrogen) atoms. The van der Waals surface area contributed by atoms with Crippen molar-refractivity contribution in [1.29, 1.82) is 0 Å². The first-order chi connectivity index (χ1) is 8.09. The van der Waals surface area contributed by atoms with Crippen molar-refractivity contribution in [2.24, 2.45) is 0 Å². The maximum Gasteiger partial charge on any atom is 0.184 e. The van der Waals surface area contributed by atoms with Crippen LogP contribution in [0.2, 0.25) is 0 Å². The first-order valence-corrected chi connectivity index (χ1v) is 6.21. The summed E-state index contributed by atoms with van der Waals surface area (Å²) >= 11 is 0. The molecule has 1 aliphatic carbocycles. The Kier molecular flexibility index (Phi) is 4.88. The van der Waals surface area contributed by atoms with Gasteiger partial charge in [-0.15, -0.1) is 6.58 Å². The van der Waals surface area contributed by atoms with Gasteiger partial charge >= 0.3 is 0 Å². The third-order valence-corrected chi connectivity index (χ3v) is 3.30. The molecule has 2 nitrogen and oxygen atoms in total. The van der Waals surface area contributed by atoms with E-state index in [2.05, 4.69) is 13.5 Å². The summed E-state index contributed by atoms with van der Waals surface area (Å²) in [6, 6.07) is 0. The summed E-state index contributed by atoms with van der Waals surface area (Å²) in [4.78, 5) is 12.0. The summed E-state index contributed by atoms with van der Waals surface area (Å²) in [7, 11) is 1.65. The van der Waals surface area contributed by atoms with Crippen LogP contribution >= 0.6 is 0 Å². The molecule has 2 heteroatoms. The number of carbonyl (C=O) groups is 1. The smallest absolute Gasteiger partial charge is 0.184 e. The number of hydrogen-bond donors (Lipinski definition) is 0. The molecule has 0 saturated heterocycles. The predicted molar refractivity (Wildman–Crippen MR) is 70.9 cm³/mol. The molecule has 1 atom stereocenters. The van der Waals surface area contributed by atoms with E-state index in [9.17, 15) is 4.79 Å². The minimum atomic E-state index is -0.552. The van der Waals surface area contributed by atoms with Crippen LogP contribution in [0.5, 0.6) is 0 Å². The van der Waals surface area contributed by atoms with Gasteiger partial charge in [0.1, 0.15) is 5.60 Å². The van der Waals surface area contributed by atoms with Crippen molar-refractivity contribution in [1.82, 2.24) is 0 Å². The van der Waals surface area contributed by atoms with Crippen molar-refractivity contribution in [2.75, 3.05) is 7.11 Å². The maximum atomic E-state index is 12.0. The molecule has 0 bridgehead atoms. The fraction of sp³-hybridized carbons (Fsp3) is 0.533. The van der Waals surface area contributed by atoms with E-state index in [1.54, 1.807) is 13.2 Å². The van der Waals surface area contributed by atoms with Crippen LogP contribution in [-0.4, -0.2) is 18.5 Å². The van der Waals surface area contributed by atoms with Crippen LogP contribution < -0.4 is 0 Å². The van der Waals surface area contributed by atoms with Crippen molar-refractivity contribution in [2.45, 2.75) is 45.1 Å². The average molecular weight is 234 g/mol. The maximum absolute atomic E-state index is 12.0. The van der Waals surface area contributed by atoms with Gasteiger partial charge in [-0.3, -0.25) is 4.79 Å². The summed E-state index contributed by atoms with van der Waals surface area (Å²) in [6.07, 6.45) is 9.26. The molecule has 0 aromatic carbocycles. The molecule has 0 radical (unpaired) electrons. The van der Waals surface area contributed by atoms with Crippen molar-refractivity contribution in [3.63, 3.8) is 0 Å². The highest BCUT2D eigenvalue weighted by molar-refractivity contribution is 6.09. The van der Waals surface area contributed by atoms with Crippen molar-refractivity contribution < 1.29 is 9.53 Å². The molecule has 0 aromatic heterocycles. The van der Waals surface area contributed by atoms with Crippen LogP contribution in [0.25, 0.3) is 0 Å². The van der Waals surface area contributed by atoms with E-state index in [1.807, 2.05) is 19.1 Å². The van der Waals surface area contributed by atoms with Crippen LogP contribution in [0.3, 0.4) is 0 Å². The lowest BCUT2D eigenvalue weighted by Crippen LogP contribution is -2.28. The Balaban J connectivity index is 3.10. The first-order valence-electron chi connectivity index (χ1n) is 6.21. The molecular formula is C15H22O2. The topological polar surface area (TPSA) is 26.3 Å². The van der Waals surface area contributed by atoms with E-state index in [0.29, 0.717) is 0 Å². The van der Waals surface area contributed by atoms with E-state index in [4.69, 9.17) is 4.74 Å². The number of rotatable bonds is 6. The van der Waals surface area contributed by atoms with E-state index in [0.717, 1.165) is 31.3 Å². The van der Waals surface area contributed by atoms with Crippen LogP contribution in [0.15, 0.2) is 36.0 Å². The molecule has 0 heterocycles. The van der Waals surface area contributed by atoms with E-state index in [-0.39, 0.29) is 5.78 Å². The second kappa shape index (κ2) is 5.97. The monoisotopic (exact) mass is 234 g/mol. The van der Waals surface area contributed by atoms with Gasteiger partial charge in [0, 0.05) is 12.7 Å². The highest BCUT2D eigenvalue weighted by Crippen LogP contribution is 2.34. The Morgan fingerprint density at radius 3 is 2.82 bits per heavy atom. The van der Waals surface area contributed by atoms with Gasteiger partial charge in [-0.1, -0.05) is 25.0 Å². The minimum Gasteiger partial charge on any atom is -0.370 e. The highest BCUT2D eigenvalue weighted by atomic mass is 16.5. The number of methoxy groups -OCH3 is 1. The Morgan fingerprint density at radius 1 is 1.59 bits per heavy atom. The number of carbonyl (C=O) groups excluding carboxylic acids is 1. The summed E-state index contributed by atoms with van der Waals surface area (Å²) in [5.74, 6) is 0.0855. The summed E-state index contributed by atoms with van der Waals surface area (Å²) < 4.78 is 5.49. The molecule has 1 rings (SSSR count). The molecule has 94 valence electrons. The minimum absolute atomic E-state index is 0.0855. The molecular weight excluding hydrogens is 212 g/mol. The normalized spacial score (nSPS) is 26.4. The largest absolute Gasteiger partial charge is 0.370 e. The van der Waals surface area contributed by atoms with E-state index in [1.165, 1.54) is 5.57 Å². The predicted octanol–water partition coefficient (Wildman–Crippen LogP) is 3.59. The SMILES string of the molecule is C=CC/C(CCCC)=C1\C(=O)C=CC1(C)OC. The van der Waals surface area contributed by atoms with Gasteiger partial charge in [0.05, 0.1) is 0 Å². The van der Waals surface area contributed by atoms with Crippen molar-refractivity contribution >= 4 is 5.78 Å². The van der Waals surface area contributed by atoms with E-state index < -0.39 is 5.60 Å². The van der Waals surface area contributed by atoms with Crippen LogP contribution in [0, 0.1) is 0 Å². The van der Waals surface area contributed by atoms with Gasteiger partial charge < -0.3 is 4.74 Å². The molecule has 1 aliphatic rings. The lowest BCUT2D eigenvalue weighted by atomic mass is 9.89. The molecule has 0 amide bonds. The molecule has 0 saturated carbocycles. The average Bonchev–Trinajstić information content (AvgIpc) is 2.62. The Bertz CT molecular complexity index is 363. The number of ether oxygens (including phenoxy) is 1. The third-order valence-electron chi connectivity index (χ3n) is 3.30. The second-order valence-electron chi connectivity index (χ2n) is 4.58. The molecule has 0 aliphatic heterocycles. The quantitative estimate of drug-likeness (QED) is 0.518. The van der Waals surface area contributed by atoms with Gasteiger partial charge in [0.25, 0.3) is 0 Å². The lowest BCUT2D eigenvalue weighted by molar-refractivity contribution is -0.112. The highest BCUT2D eigenvalue weighted by Gasteiger charge is 2.36. The van der Waals surface area contributed by atoms with Crippen molar-refractivity contribution in [3.05, 3.63) is 36.0 Å². The zero-order valence-corrected chi connectivity index (χ0v) is 11.1. The Morgan fingerprint density at radius 2 is 2.29 bits per heavy atom. The molecule has 0 fully saturated rings. The van der Waals surface area contributed by atoms with Crippen LogP contribution in [0.4, 0.5) is 0 Å². The van der Waals surface area contributed by atoms with Gasteiger partial charge in [-0.05, 0) is 38.3 Å². The van der Waals surface area contributed by atoms with Crippen LogP contribution in [-0.2, 0) is 9.53 Å². The zero-order chi connectivity index (χ0) is 12.9. The van der Waals surface area contributed by atoms with E-state index >= 15 is 0 Å². The molecule has 0 aromatic rings. The number of ketones is 1. The summed E-state index contributed by atoms with van der Waals surface area (Å²) in [5.41, 5.74) is 1.43. The second-order valence-corrected chi connectivity index (χ2v) is 4.58. The summed E-state index contributed by atoms with van der Waals surface area (Å²) in [6.45, 7) is 7.87. The Labute approximate surface area is 104 Å². The van der Waals surface area contributed by atoms with Crippen molar-refractivity contribution in [3.8, 4) is 0 Å². The standard InChI is InChI=1S/C15H22O2/c1-5-7-9-12(8-6-2)14-13(16)10-11-15(14,3)17-4/h6,10-11H,2,5,7-9H2,1,3-4H3/b14-12-. The first kappa shape index (κ1) is 13.9. The number of hydrogen-bond acceptors (Lipinski definition) is 2. The Hall–Kier alpha value is -1.15. The zero-order valence-electron chi connectivity index (χ0n) is 11.1. The molecule has 1 unspecified atom stereocenters. The van der Waals surface area contributed by atoms with Crippen LogP contribution in [0.1, 0.15) is 39.5 Å². The fourth-order valence-corrected chi connectivity index (χ4v) is 2.23. The molecule has 0 spiro atoms. The summed E-state index contributed by atoms with van der Waals surface area (Å²) in [5, 5.41) is 0.